The van der Waals surface area contributed by atoms with Crippen molar-refractivity contribution in [2.45, 2.75) is 77.0 Å². The summed E-state index contributed by atoms with van der Waals surface area (Å²) in [5.41, 5.74) is 26.4. The van der Waals surface area contributed by atoms with E-state index in [1.165, 1.54) is 100 Å². The van der Waals surface area contributed by atoms with Crippen LogP contribution in [0.15, 0.2) is 200 Å². The predicted molar refractivity (Wildman–Crippen MR) is 283 cm³/mol. The summed E-state index contributed by atoms with van der Waals surface area (Å²) in [6, 6.07) is 76.2. The topological polar surface area (TPSA) is 3.24 Å². The Balaban J connectivity index is 1.16. The Labute approximate surface area is 397 Å². The SMILES string of the molecule is CC(C)(C)c1ccc2c(c1)C1(c3ccccc3-c3ccccc31)c1cc(C(C)(C)C)cc(-c3ccccc3N(c3ccc(-c4ccccc4)cc3)c3ccc4c(c3)C(C)(C)c3ccccc3-4)c1-2. The number of benzene rings is 9. The van der Waals surface area contributed by atoms with Gasteiger partial charge in [0.15, 0.2) is 0 Å². The molecule has 0 radical (unpaired) electrons. The van der Waals surface area contributed by atoms with Crippen LogP contribution in [-0.2, 0) is 21.7 Å². The first-order valence-electron chi connectivity index (χ1n) is 24.1. The molecular formula is C66H57N. The van der Waals surface area contributed by atoms with Crippen LogP contribution in [0.25, 0.3) is 55.6 Å². The Kier molecular flexibility index (Phi) is 9.01. The summed E-state index contributed by atoms with van der Waals surface area (Å²) in [6.45, 7) is 18.9. The molecule has 12 rings (SSSR count). The minimum atomic E-state index is -0.488. The minimum absolute atomic E-state index is 0.0308. The van der Waals surface area contributed by atoms with Gasteiger partial charge in [0, 0.05) is 22.4 Å². The highest BCUT2D eigenvalue weighted by molar-refractivity contribution is 6.03. The zero-order chi connectivity index (χ0) is 46.0. The van der Waals surface area contributed by atoms with Crippen LogP contribution in [-0.4, -0.2) is 0 Å². The van der Waals surface area contributed by atoms with Crippen molar-refractivity contribution in [3.63, 3.8) is 0 Å². The molecule has 9 aromatic rings. The van der Waals surface area contributed by atoms with Gasteiger partial charge in [-0.2, -0.15) is 0 Å². The van der Waals surface area contributed by atoms with Crippen molar-refractivity contribution >= 4 is 17.1 Å². The molecule has 0 aromatic heterocycles. The highest BCUT2D eigenvalue weighted by atomic mass is 15.1. The van der Waals surface area contributed by atoms with Gasteiger partial charge in [0.05, 0.1) is 11.1 Å². The first-order valence-corrected chi connectivity index (χ1v) is 24.1. The lowest BCUT2D eigenvalue weighted by Gasteiger charge is -2.33. The number of hydrogen-bond acceptors (Lipinski definition) is 1. The first kappa shape index (κ1) is 41.2. The zero-order valence-corrected chi connectivity index (χ0v) is 40.0. The van der Waals surface area contributed by atoms with Crippen LogP contribution in [0.5, 0.6) is 0 Å². The van der Waals surface area contributed by atoms with E-state index in [0.717, 1.165) is 17.1 Å². The maximum Gasteiger partial charge on any atom is 0.0725 e. The lowest BCUT2D eigenvalue weighted by atomic mass is 9.68. The summed E-state index contributed by atoms with van der Waals surface area (Å²) >= 11 is 0. The van der Waals surface area contributed by atoms with E-state index >= 15 is 0 Å². The van der Waals surface area contributed by atoms with Crippen molar-refractivity contribution < 1.29 is 0 Å². The number of rotatable bonds is 5. The van der Waals surface area contributed by atoms with Crippen LogP contribution >= 0.6 is 0 Å². The minimum Gasteiger partial charge on any atom is -0.310 e. The molecule has 0 atom stereocenters. The normalized spacial score (nSPS) is 14.5. The maximum atomic E-state index is 2.58. The van der Waals surface area contributed by atoms with Crippen LogP contribution in [0, 0.1) is 0 Å². The van der Waals surface area contributed by atoms with E-state index in [1.54, 1.807) is 0 Å². The third-order valence-electron chi connectivity index (χ3n) is 15.4. The molecule has 9 aromatic carbocycles. The molecule has 1 heteroatoms. The fourth-order valence-corrected chi connectivity index (χ4v) is 12.0. The molecule has 0 aliphatic heterocycles. The van der Waals surface area contributed by atoms with Gasteiger partial charge in [0.1, 0.15) is 0 Å². The number of para-hydroxylation sites is 1. The zero-order valence-electron chi connectivity index (χ0n) is 40.0. The standard InChI is InChI=1S/C66H57N/c1-63(2,3)44-32-36-53-59(39-44)66(56-27-17-13-23-49(56)50-24-14-18-28-57(50)66)60-40-45(64(4,5)6)38-54(62(53)60)52-25-15-19-29-61(52)67(46-33-30-43(31-34-46)42-20-10-9-11-21-42)47-35-37-51-48-22-12-16-26-55(48)65(7,8)58(51)41-47/h9-41H,1-8H3. The monoisotopic (exact) mass is 863 g/mol. The molecule has 1 nitrogen and oxygen atoms in total. The third-order valence-corrected chi connectivity index (χ3v) is 15.4. The summed E-state index contributed by atoms with van der Waals surface area (Å²) in [5, 5.41) is 0. The van der Waals surface area contributed by atoms with Gasteiger partial charge in [-0.05, 0) is 142 Å². The lowest BCUT2D eigenvalue weighted by molar-refractivity contribution is 0.586. The number of anilines is 3. The van der Waals surface area contributed by atoms with E-state index in [2.05, 4.69) is 260 Å². The summed E-state index contributed by atoms with van der Waals surface area (Å²) < 4.78 is 0. The van der Waals surface area contributed by atoms with Gasteiger partial charge >= 0.3 is 0 Å². The Morgan fingerprint density at radius 1 is 0.328 bits per heavy atom. The molecule has 0 unspecified atom stereocenters. The van der Waals surface area contributed by atoms with Gasteiger partial charge in [-0.3, -0.25) is 0 Å². The molecule has 1 spiro atoms. The van der Waals surface area contributed by atoms with E-state index in [-0.39, 0.29) is 16.2 Å². The highest BCUT2D eigenvalue weighted by Gasteiger charge is 2.53. The third kappa shape index (κ3) is 6.06. The summed E-state index contributed by atoms with van der Waals surface area (Å²) in [5.74, 6) is 0. The average Bonchev–Trinajstić information content (AvgIpc) is 3.90. The fraction of sp³-hybridized carbons (Fsp3) is 0.182. The Morgan fingerprint density at radius 2 is 0.821 bits per heavy atom. The van der Waals surface area contributed by atoms with Gasteiger partial charge in [0.2, 0.25) is 0 Å². The van der Waals surface area contributed by atoms with Crippen molar-refractivity contribution in [1.82, 2.24) is 0 Å². The van der Waals surface area contributed by atoms with Gasteiger partial charge in [-0.25, -0.2) is 0 Å². The second-order valence-corrected chi connectivity index (χ2v) is 21.7. The van der Waals surface area contributed by atoms with Crippen molar-refractivity contribution in [2.75, 3.05) is 4.90 Å². The van der Waals surface area contributed by atoms with Crippen LogP contribution in [0.3, 0.4) is 0 Å². The van der Waals surface area contributed by atoms with E-state index < -0.39 is 5.41 Å². The van der Waals surface area contributed by atoms with Crippen LogP contribution in [0.2, 0.25) is 0 Å². The quantitative estimate of drug-likeness (QED) is 0.167. The van der Waals surface area contributed by atoms with Crippen molar-refractivity contribution in [3.8, 4) is 55.6 Å². The van der Waals surface area contributed by atoms with Crippen molar-refractivity contribution in [3.05, 3.63) is 245 Å². The van der Waals surface area contributed by atoms with Crippen molar-refractivity contribution in [2.24, 2.45) is 0 Å². The van der Waals surface area contributed by atoms with Gasteiger partial charge in [-0.15, -0.1) is 0 Å². The predicted octanol–water partition coefficient (Wildman–Crippen LogP) is 17.7. The first-order chi connectivity index (χ1) is 32.3. The molecule has 3 aliphatic carbocycles. The van der Waals surface area contributed by atoms with E-state index in [4.69, 9.17) is 0 Å². The Bertz CT molecular complexity index is 3400. The maximum absolute atomic E-state index is 2.58. The van der Waals surface area contributed by atoms with Crippen molar-refractivity contribution in [1.29, 1.82) is 0 Å². The Morgan fingerprint density at radius 3 is 1.46 bits per heavy atom. The molecule has 0 heterocycles. The van der Waals surface area contributed by atoms with E-state index in [1.807, 2.05) is 0 Å². The molecule has 3 aliphatic rings. The lowest BCUT2D eigenvalue weighted by Crippen LogP contribution is -2.27. The van der Waals surface area contributed by atoms with Crippen LogP contribution in [0.4, 0.5) is 17.1 Å². The molecule has 0 bridgehead atoms. The number of fused-ring (bicyclic) bond motifs is 13. The molecule has 0 amide bonds. The van der Waals surface area contributed by atoms with E-state index in [9.17, 15) is 0 Å². The summed E-state index contributed by atoms with van der Waals surface area (Å²) in [7, 11) is 0. The molecule has 67 heavy (non-hydrogen) atoms. The second kappa shape index (κ2) is 14.6. The molecule has 0 saturated carbocycles. The molecular weight excluding hydrogens is 807 g/mol. The molecule has 326 valence electrons. The molecule has 0 N–H and O–H groups in total. The fourth-order valence-electron chi connectivity index (χ4n) is 12.0. The summed E-state index contributed by atoms with van der Waals surface area (Å²) in [4.78, 5) is 2.52. The average molecular weight is 864 g/mol. The highest BCUT2D eigenvalue weighted by Crippen LogP contribution is 2.65. The summed E-state index contributed by atoms with van der Waals surface area (Å²) in [6.07, 6.45) is 0. The molecule has 0 saturated heterocycles. The molecule has 0 fully saturated rings. The Hall–Kier alpha value is -7.22. The van der Waals surface area contributed by atoms with Gasteiger partial charge in [-0.1, -0.05) is 219 Å². The van der Waals surface area contributed by atoms with Gasteiger partial charge in [0.25, 0.3) is 0 Å². The smallest absolute Gasteiger partial charge is 0.0725 e. The van der Waals surface area contributed by atoms with Crippen LogP contribution < -0.4 is 4.90 Å². The number of hydrogen-bond donors (Lipinski definition) is 0. The largest absolute Gasteiger partial charge is 0.310 e. The van der Waals surface area contributed by atoms with E-state index in [0.29, 0.717) is 0 Å². The number of nitrogens with zero attached hydrogens (tertiary/aromatic N) is 1. The van der Waals surface area contributed by atoms with Gasteiger partial charge < -0.3 is 4.90 Å². The second-order valence-electron chi connectivity index (χ2n) is 21.7. The van der Waals surface area contributed by atoms with Crippen LogP contribution in [0.1, 0.15) is 99.9 Å².